The molecule has 0 aromatic carbocycles. The molecular weight excluding hydrogens is 330 g/mol. The van der Waals surface area contributed by atoms with Crippen LogP contribution in [-0.2, 0) is 5.54 Å². The Balaban J connectivity index is 1.63. The molecule has 27 heavy (non-hydrogen) atoms. The van der Waals surface area contributed by atoms with Crippen molar-refractivity contribution in [2.75, 3.05) is 26.2 Å². The zero-order valence-corrected chi connectivity index (χ0v) is 19.0. The van der Waals surface area contributed by atoms with Crippen LogP contribution in [0.2, 0.25) is 0 Å². The standard InChI is InChI=1S/C24H41N3/c1-22(2,3)25-14-11-19(17-25)16-24(7,8)26-15-12-20(18-26)21-10-9-13-27(21)23(4,5)6/h9-10,12-13,19H,11,14-18H2,1-8H3. The van der Waals surface area contributed by atoms with E-state index in [0.717, 1.165) is 19.0 Å². The van der Waals surface area contributed by atoms with E-state index in [4.69, 9.17) is 0 Å². The zero-order valence-electron chi connectivity index (χ0n) is 19.0. The molecule has 0 N–H and O–H groups in total. The summed E-state index contributed by atoms with van der Waals surface area (Å²) in [4.78, 5) is 5.35. The lowest BCUT2D eigenvalue weighted by Crippen LogP contribution is -2.45. The first-order chi connectivity index (χ1) is 12.4. The fourth-order valence-corrected chi connectivity index (χ4v) is 4.87. The molecule has 152 valence electrons. The maximum absolute atomic E-state index is 2.68. The van der Waals surface area contributed by atoms with Gasteiger partial charge in [0.15, 0.2) is 0 Å². The molecule has 3 rings (SSSR count). The summed E-state index contributed by atoms with van der Waals surface area (Å²) in [6.45, 7) is 23.5. The maximum Gasteiger partial charge on any atom is 0.0454 e. The van der Waals surface area contributed by atoms with E-state index in [-0.39, 0.29) is 11.1 Å². The predicted octanol–water partition coefficient (Wildman–Crippen LogP) is 5.23. The lowest BCUT2D eigenvalue weighted by atomic mass is 9.88. The van der Waals surface area contributed by atoms with Crippen molar-refractivity contribution in [3.63, 3.8) is 0 Å². The molecule has 2 aliphatic rings. The molecule has 3 heteroatoms. The highest BCUT2D eigenvalue weighted by Gasteiger charge is 2.37. The van der Waals surface area contributed by atoms with Gasteiger partial charge in [-0.15, -0.1) is 0 Å². The van der Waals surface area contributed by atoms with Gasteiger partial charge in [0.2, 0.25) is 0 Å². The van der Waals surface area contributed by atoms with E-state index >= 15 is 0 Å². The van der Waals surface area contributed by atoms with E-state index in [1.165, 1.54) is 37.2 Å². The molecule has 0 saturated carbocycles. The van der Waals surface area contributed by atoms with E-state index in [1.54, 1.807) is 0 Å². The van der Waals surface area contributed by atoms with Crippen LogP contribution in [0.15, 0.2) is 24.4 Å². The van der Waals surface area contributed by atoms with Crippen molar-refractivity contribution in [3.05, 3.63) is 30.1 Å². The normalized spacial score (nSPS) is 23.3. The lowest BCUT2D eigenvalue weighted by Gasteiger charge is -2.38. The minimum atomic E-state index is 0.128. The molecule has 1 unspecified atom stereocenters. The van der Waals surface area contributed by atoms with Crippen LogP contribution in [0.4, 0.5) is 0 Å². The van der Waals surface area contributed by atoms with Gasteiger partial charge in [-0.25, -0.2) is 0 Å². The van der Waals surface area contributed by atoms with Gasteiger partial charge in [-0.2, -0.15) is 0 Å². The highest BCUT2D eigenvalue weighted by molar-refractivity contribution is 5.67. The number of rotatable bonds is 4. The SMILES string of the molecule is CC(C)(C)N1CCC(CC(C)(C)N2CC=C(c3cccn3C(C)(C)C)C2)C1. The first-order valence-electron chi connectivity index (χ1n) is 10.8. The Labute approximate surface area is 167 Å². The lowest BCUT2D eigenvalue weighted by molar-refractivity contribution is 0.120. The van der Waals surface area contributed by atoms with E-state index in [9.17, 15) is 0 Å². The van der Waals surface area contributed by atoms with Crippen molar-refractivity contribution in [1.29, 1.82) is 0 Å². The molecule has 3 nitrogen and oxygen atoms in total. The summed E-state index contributed by atoms with van der Waals surface area (Å²) in [7, 11) is 0. The topological polar surface area (TPSA) is 11.4 Å². The summed E-state index contributed by atoms with van der Waals surface area (Å²) in [6.07, 6.45) is 7.32. The van der Waals surface area contributed by atoms with Gasteiger partial charge in [-0.3, -0.25) is 9.80 Å². The van der Waals surface area contributed by atoms with Gasteiger partial charge in [0, 0.05) is 48.1 Å². The molecule has 2 aliphatic heterocycles. The highest BCUT2D eigenvalue weighted by atomic mass is 15.2. The third kappa shape index (κ3) is 4.51. The molecule has 1 fully saturated rings. The summed E-state index contributed by atoms with van der Waals surface area (Å²) < 4.78 is 2.42. The third-order valence-electron chi connectivity index (χ3n) is 6.60. The molecule has 0 aliphatic carbocycles. The van der Waals surface area contributed by atoms with Crippen LogP contribution in [-0.4, -0.2) is 51.6 Å². The second kappa shape index (κ2) is 7.08. The second-order valence-corrected chi connectivity index (χ2v) is 11.3. The Hall–Kier alpha value is -1.06. The maximum atomic E-state index is 2.68. The molecule has 1 saturated heterocycles. The minimum Gasteiger partial charge on any atom is -0.342 e. The molecule has 3 heterocycles. The Morgan fingerprint density at radius 3 is 2.26 bits per heavy atom. The summed E-state index contributed by atoms with van der Waals surface area (Å²) in [5, 5.41) is 0. The molecule has 0 amide bonds. The van der Waals surface area contributed by atoms with Crippen LogP contribution >= 0.6 is 0 Å². The first kappa shape index (κ1) is 20.7. The number of hydrogen-bond acceptors (Lipinski definition) is 2. The van der Waals surface area contributed by atoms with Crippen molar-refractivity contribution in [2.45, 2.75) is 84.8 Å². The summed E-state index contributed by atoms with van der Waals surface area (Å²) in [5.74, 6) is 0.821. The van der Waals surface area contributed by atoms with E-state index in [0.29, 0.717) is 5.54 Å². The van der Waals surface area contributed by atoms with Crippen molar-refractivity contribution in [1.82, 2.24) is 14.4 Å². The molecule has 1 atom stereocenters. The van der Waals surface area contributed by atoms with Gasteiger partial charge in [0.05, 0.1) is 0 Å². The van der Waals surface area contributed by atoms with Gasteiger partial charge in [-0.05, 0) is 98.4 Å². The Bertz CT molecular complexity index is 681. The molecular formula is C24H41N3. The average molecular weight is 372 g/mol. The van der Waals surface area contributed by atoms with Crippen LogP contribution in [0, 0.1) is 5.92 Å². The Morgan fingerprint density at radius 2 is 1.67 bits per heavy atom. The van der Waals surface area contributed by atoms with Gasteiger partial charge in [0.1, 0.15) is 0 Å². The summed E-state index contributed by atoms with van der Waals surface area (Å²) in [5.41, 5.74) is 3.56. The second-order valence-electron chi connectivity index (χ2n) is 11.3. The average Bonchev–Trinajstić information content (AvgIpc) is 3.25. The van der Waals surface area contributed by atoms with Crippen molar-refractivity contribution in [3.8, 4) is 0 Å². The third-order valence-corrected chi connectivity index (χ3v) is 6.60. The first-order valence-corrected chi connectivity index (χ1v) is 10.8. The number of aromatic nitrogens is 1. The Morgan fingerprint density at radius 1 is 0.963 bits per heavy atom. The van der Waals surface area contributed by atoms with Crippen LogP contribution < -0.4 is 0 Å². The van der Waals surface area contributed by atoms with Gasteiger partial charge >= 0.3 is 0 Å². The highest BCUT2D eigenvalue weighted by Crippen LogP contribution is 2.35. The summed E-state index contributed by atoms with van der Waals surface area (Å²) >= 11 is 0. The van der Waals surface area contributed by atoms with E-state index in [2.05, 4.69) is 94.2 Å². The van der Waals surface area contributed by atoms with Crippen LogP contribution in [0.1, 0.15) is 73.9 Å². The molecule has 0 spiro atoms. The van der Waals surface area contributed by atoms with E-state index in [1.807, 2.05) is 0 Å². The fraction of sp³-hybridized carbons (Fsp3) is 0.750. The number of likely N-dealkylation sites (tertiary alicyclic amines) is 1. The van der Waals surface area contributed by atoms with Crippen molar-refractivity contribution in [2.24, 2.45) is 5.92 Å². The van der Waals surface area contributed by atoms with E-state index < -0.39 is 0 Å². The smallest absolute Gasteiger partial charge is 0.0454 e. The number of hydrogen-bond donors (Lipinski definition) is 0. The minimum absolute atomic E-state index is 0.128. The Kier molecular flexibility index (Phi) is 5.42. The largest absolute Gasteiger partial charge is 0.342 e. The van der Waals surface area contributed by atoms with Crippen molar-refractivity contribution < 1.29 is 0 Å². The van der Waals surface area contributed by atoms with Gasteiger partial charge in [-0.1, -0.05) is 6.08 Å². The van der Waals surface area contributed by atoms with Crippen LogP contribution in [0.5, 0.6) is 0 Å². The molecule has 0 radical (unpaired) electrons. The fourth-order valence-electron chi connectivity index (χ4n) is 4.87. The molecule has 1 aromatic rings. The summed E-state index contributed by atoms with van der Waals surface area (Å²) in [6, 6.07) is 4.47. The predicted molar refractivity (Wildman–Crippen MR) is 117 cm³/mol. The zero-order chi connectivity index (χ0) is 20.0. The molecule has 1 aromatic heterocycles. The molecule has 0 bridgehead atoms. The van der Waals surface area contributed by atoms with Gasteiger partial charge in [0.25, 0.3) is 0 Å². The number of nitrogens with zero attached hydrogens (tertiary/aromatic N) is 3. The van der Waals surface area contributed by atoms with Crippen LogP contribution in [0.25, 0.3) is 5.57 Å². The van der Waals surface area contributed by atoms with Gasteiger partial charge < -0.3 is 4.57 Å². The van der Waals surface area contributed by atoms with Crippen molar-refractivity contribution >= 4 is 5.57 Å². The monoisotopic (exact) mass is 371 g/mol. The quantitative estimate of drug-likeness (QED) is 0.718. The van der Waals surface area contributed by atoms with Crippen LogP contribution in [0.3, 0.4) is 0 Å².